The van der Waals surface area contributed by atoms with Crippen LogP contribution in [0, 0.1) is 6.92 Å². The molecular weight excluding hydrogens is 370 g/mol. The van der Waals surface area contributed by atoms with Gasteiger partial charge in [0.15, 0.2) is 0 Å². The first-order chi connectivity index (χ1) is 13.3. The molecule has 0 saturated heterocycles. The normalized spacial score (nSPS) is 11.2. The molecule has 0 saturated carbocycles. The summed E-state index contributed by atoms with van der Waals surface area (Å²) in [5, 5.41) is 6.65. The fourth-order valence-electron chi connectivity index (χ4n) is 2.75. The highest BCUT2D eigenvalue weighted by Gasteiger charge is 2.17. The lowest BCUT2D eigenvalue weighted by molar-refractivity contribution is 0.262. The number of ether oxygens (including phenoxy) is 1. The van der Waals surface area contributed by atoms with Crippen LogP contribution >= 0.6 is 11.3 Å². The van der Waals surface area contributed by atoms with Gasteiger partial charge in [0.1, 0.15) is 0 Å². The van der Waals surface area contributed by atoms with Gasteiger partial charge in [0.05, 0.1) is 12.1 Å². The first-order valence-electron chi connectivity index (χ1n) is 9.05. The highest BCUT2D eigenvalue weighted by atomic mass is 32.1. The number of amides is 2. The first-order valence-corrected chi connectivity index (χ1v) is 9.87. The van der Waals surface area contributed by atoms with Gasteiger partial charge in [-0.25, -0.2) is 9.78 Å². The summed E-state index contributed by atoms with van der Waals surface area (Å²) in [6.45, 7) is 8.50. The molecule has 0 atom stereocenters. The van der Waals surface area contributed by atoms with E-state index in [-0.39, 0.29) is 11.4 Å². The summed E-state index contributed by atoms with van der Waals surface area (Å²) in [7, 11) is 1.59. The number of carbonyl (C=O) groups excluding carboxylic acids is 1. The van der Waals surface area contributed by atoms with Gasteiger partial charge in [0, 0.05) is 28.4 Å². The summed E-state index contributed by atoms with van der Waals surface area (Å²) in [6.07, 6.45) is 1.77. The number of methoxy groups -OCH3 is 1. The van der Waals surface area contributed by atoms with Gasteiger partial charge in [0.25, 0.3) is 0 Å². The van der Waals surface area contributed by atoms with Gasteiger partial charge in [-0.1, -0.05) is 26.8 Å². The Bertz CT molecular complexity index is 972. The van der Waals surface area contributed by atoms with E-state index in [0.29, 0.717) is 5.88 Å². The summed E-state index contributed by atoms with van der Waals surface area (Å²) in [6, 6.07) is 13.3. The number of thiophene rings is 1. The molecule has 0 unspecified atom stereocenters. The topological polar surface area (TPSA) is 63.2 Å². The fourth-order valence-corrected chi connectivity index (χ4v) is 3.71. The smallest absolute Gasteiger partial charge is 0.324 e. The molecule has 0 aliphatic heterocycles. The van der Waals surface area contributed by atoms with Gasteiger partial charge < -0.3 is 10.1 Å². The van der Waals surface area contributed by atoms with E-state index in [1.54, 1.807) is 24.6 Å². The van der Waals surface area contributed by atoms with E-state index in [2.05, 4.69) is 42.5 Å². The number of nitrogens with one attached hydrogen (secondary N) is 2. The Morgan fingerprint density at radius 2 is 1.86 bits per heavy atom. The number of pyridine rings is 1. The summed E-state index contributed by atoms with van der Waals surface area (Å²) < 4.78 is 5.12. The quantitative estimate of drug-likeness (QED) is 0.564. The number of carbonyl (C=O) groups is 1. The minimum atomic E-state index is -0.259. The van der Waals surface area contributed by atoms with Crippen molar-refractivity contribution in [1.29, 1.82) is 0 Å². The van der Waals surface area contributed by atoms with Gasteiger partial charge >= 0.3 is 6.03 Å². The minimum Gasteiger partial charge on any atom is -0.481 e. The second-order valence-corrected chi connectivity index (χ2v) is 8.70. The predicted molar refractivity (Wildman–Crippen MR) is 117 cm³/mol. The molecule has 3 rings (SSSR count). The third-order valence-corrected chi connectivity index (χ3v) is 5.76. The SMILES string of the molecule is COc1ccc(-c2cc(NC(=O)Nc3ccc(C(C)(C)C)s3)ccc2C)cn1. The molecular formula is C22H25N3O2S. The number of hydrogen-bond acceptors (Lipinski definition) is 4. The van der Waals surface area contributed by atoms with E-state index >= 15 is 0 Å². The van der Waals surface area contributed by atoms with Crippen molar-refractivity contribution in [2.45, 2.75) is 33.1 Å². The van der Waals surface area contributed by atoms with Crippen LogP contribution in [0.4, 0.5) is 15.5 Å². The molecule has 0 radical (unpaired) electrons. The van der Waals surface area contributed by atoms with E-state index in [9.17, 15) is 4.79 Å². The van der Waals surface area contributed by atoms with Gasteiger partial charge in [-0.2, -0.15) is 0 Å². The average molecular weight is 396 g/mol. The summed E-state index contributed by atoms with van der Waals surface area (Å²) in [5.74, 6) is 0.570. The van der Waals surface area contributed by atoms with Crippen LogP contribution in [0.5, 0.6) is 5.88 Å². The highest BCUT2D eigenvalue weighted by Crippen LogP contribution is 2.32. The zero-order valence-corrected chi connectivity index (χ0v) is 17.6. The second-order valence-electron chi connectivity index (χ2n) is 7.61. The zero-order chi connectivity index (χ0) is 20.3. The molecule has 0 bridgehead atoms. The Balaban J connectivity index is 1.73. The fraction of sp³-hybridized carbons (Fsp3) is 0.273. The molecule has 2 heterocycles. The Labute approximate surface area is 169 Å². The predicted octanol–water partition coefficient (Wildman–Crippen LogP) is 6.07. The number of benzene rings is 1. The van der Waals surface area contributed by atoms with E-state index in [1.807, 2.05) is 43.3 Å². The number of anilines is 2. The van der Waals surface area contributed by atoms with Gasteiger partial charge in [-0.3, -0.25) is 5.32 Å². The molecule has 5 nitrogen and oxygen atoms in total. The molecule has 28 heavy (non-hydrogen) atoms. The first kappa shape index (κ1) is 19.9. The van der Waals surface area contributed by atoms with Crippen molar-refractivity contribution in [3.8, 4) is 17.0 Å². The van der Waals surface area contributed by atoms with Crippen LogP contribution < -0.4 is 15.4 Å². The molecule has 3 aromatic rings. The monoisotopic (exact) mass is 395 g/mol. The molecule has 0 aliphatic carbocycles. The lowest BCUT2D eigenvalue weighted by atomic mass is 9.95. The number of hydrogen-bond donors (Lipinski definition) is 2. The highest BCUT2D eigenvalue weighted by molar-refractivity contribution is 7.16. The average Bonchev–Trinajstić information content (AvgIpc) is 3.12. The van der Waals surface area contributed by atoms with Crippen molar-refractivity contribution in [2.75, 3.05) is 17.7 Å². The zero-order valence-electron chi connectivity index (χ0n) is 16.8. The second kappa shape index (κ2) is 8.02. The molecule has 0 fully saturated rings. The molecule has 2 aromatic heterocycles. The largest absolute Gasteiger partial charge is 0.481 e. The lowest BCUT2D eigenvalue weighted by Gasteiger charge is -2.15. The molecule has 146 valence electrons. The van der Waals surface area contributed by atoms with Gasteiger partial charge in [-0.05, 0) is 53.8 Å². The maximum atomic E-state index is 12.4. The van der Waals surface area contributed by atoms with E-state index < -0.39 is 0 Å². The van der Waals surface area contributed by atoms with E-state index in [1.165, 1.54) is 4.88 Å². The van der Waals surface area contributed by atoms with Crippen molar-refractivity contribution in [3.63, 3.8) is 0 Å². The third-order valence-electron chi connectivity index (χ3n) is 4.33. The molecule has 1 aromatic carbocycles. The van der Waals surface area contributed by atoms with Crippen LogP contribution in [0.3, 0.4) is 0 Å². The Hall–Kier alpha value is -2.86. The standard InChI is InChI=1S/C22H25N3O2S/c1-14-6-8-16(12-17(14)15-7-10-19(27-5)23-13-15)24-21(26)25-20-11-9-18(28-20)22(2,3)4/h6-13H,1-5H3,(H2,24,25,26). The maximum Gasteiger partial charge on any atom is 0.324 e. The Kier molecular flexibility index (Phi) is 5.70. The van der Waals surface area contributed by atoms with Crippen LogP contribution in [0.15, 0.2) is 48.7 Å². The van der Waals surface area contributed by atoms with Crippen LogP contribution in [0.2, 0.25) is 0 Å². The third kappa shape index (κ3) is 4.70. The van der Waals surface area contributed by atoms with Crippen molar-refractivity contribution < 1.29 is 9.53 Å². The lowest BCUT2D eigenvalue weighted by Crippen LogP contribution is -2.18. The Morgan fingerprint density at radius 3 is 2.46 bits per heavy atom. The summed E-state index contributed by atoms with van der Waals surface area (Å²) in [4.78, 5) is 17.9. The molecule has 0 aliphatic rings. The minimum absolute atomic E-state index is 0.0688. The number of aromatic nitrogens is 1. The molecule has 0 spiro atoms. The van der Waals surface area contributed by atoms with Gasteiger partial charge in [-0.15, -0.1) is 11.3 Å². The van der Waals surface area contributed by atoms with Gasteiger partial charge in [0.2, 0.25) is 5.88 Å². The number of rotatable bonds is 4. The van der Waals surface area contributed by atoms with Crippen LogP contribution in [-0.4, -0.2) is 18.1 Å². The van der Waals surface area contributed by atoms with Crippen LogP contribution in [0.25, 0.3) is 11.1 Å². The van der Waals surface area contributed by atoms with Crippen molar-refractivity contribution in [3.05, 3.63) is 59.1 Å². The molecule has 2 N–H and O–H groups in total. The Morgan fingerprint density at radius 1 is 1.07 bits per heavy atom. The van der Waals surface area contributed by atoms with Crippen LogP contribution in [0.1, 0.15) is 31.2 Å². The van der Waals surface area contributed by atoms with Crippen molar-refractivity contribution in [2.24, 2.45) is 0 Å². The van der Waals surface area contributed by atoms with E-state index in [4.69, 9.17) is 4.74 Å². The maximum absolute atomic E-state index is 12.4. The number of nitrogens with zero attached hydrogens (tertiary/aromatic N) is 1. The van der Waals surface area contributed by atoms with Crippen molar-refractivity contribution in [1.82, 2.24) is 4.98 Å². The summed E-state index contributed by atoms with van der Waals surface area (Å²) in [5.41, 5.74) is 3.88. The number of aryl methyl sites for hydroxylation is 1. The molecule has 2 amide bonds. The van der Waals surface area contributed by atoms with Crippen molar-refractivity contribution >= 4 is 28.1 Å². The van der Waals surface area contributed by atoms with Crippen LogP contribution in [-0.2, 0) is 5.41 Å². The summed E-state index contributed by atoms with van der Waals surface area (Å²) >= 11 is 1.59. The molecule has 6 heteroatoms. The number of urea groups is 1. The van der Waals surface area contributed by atoms with E-state index in [0.717, 1.165) is 27.4 Å².